The van der Waals surface area contributed by atoms with Gasteiger partial charge in [0.1, 0.15) is 5.75 Å². The van der Waals surface area contributed by atoms with Crippen LogP contribution in [0.4, 0.5) is 0 Å². The summed E-state index contributed by atoms with van der Waals surface area (Å²) in [5.41, 5.74) is 5.47. The van der Waals surface area contributed by atoms with E-state index < -0.39 is 64.4 Å². The minimum absolute atomic E-state index is 0.00497. The molecule has 0 saturated heterocycles. The Bertz CT molecular complexity index is 1400. The molecular weight excluding hydrogens is 478 g/mol. The topological polar surface area (TPSA) is 168 Å². The summed E-state index contributed by atoms with van der Waals surface area (Å²) in [5, 5.41) is 22.3. The Morgan fingerprint density at radius 3 is 2.43 bits per heavy atom. The van der Waals surface area contributed by atoms with Crippen molar-refractivity contribution < 1.29 is 34.2 Å². The third-order valence-electron chi connectivity index (χ3n) is 8.27. The van der Waals surface area contributed by atoms with Crippen molar-refractivity contribution in [1.29, 1.82) is 0 Å². The number of Topliss-reactive ketones (excluding diaryl/α,β-unsaturated/α-hetero) is 4. The van der Waals surface area contributed by atoms with Crippen molar-refractivity contribution in [2.75, 3.05) is 14.1 Å². The standard InChI is InChI=1S/C27H27N3O7/c1-11-6-7-29-10-15(11)13-4-5-17(31)19-14(13)8-12-9-16-21(30(2)3)23(33)20(26(28)36)25(35)27(16,37)24(34)18(12)22(19)32/h4-7,10,12,16,18,20-21,31,37H,8-9H2,1-3H3,(H2,28,36)/t12-,16-,18?,20?,21-,27-/m0/s1. The predicted octanol–water partition coefficient (Wildman–Crippen LogP) is 0.237. The number of hydrogen-bond acceptors (Lipinski definition) is 9. The molecule has 37 heavy (non-hydrogen) atoms. The second-order valence-electron chi connectivity index (χ2n) is 10.5. The van der Waals surface area contributed by atoms with E-state index in [4.69, 9.17) is 5.73 Å². The zero-order chi connectivity index (χ0) is 27.0. The lowest BCUT2D eigenvalue weighted by Crippen LogP contribution is -2.74. The zero-order valence-electron chi connectivity index (χ0n) is 20.6. The van der Waals surface area contributed by atoms with Gasteiger partial charge in [-0.2, -0.15) is 0 Å². The minimum atomic E-state index is -2.73. The molecule has 6 atom stereocenters. The largest absolute Gasteiger partial charge is 0.507 e. The molecule has 1 heterocycles. The Hall–Kier alpha value is -3.76. The number of aromatic nitrogens is 1. The van der Waals surface area contributed by atoms with E-state index >= 15 is 0 Å². The molecule has 1 amide bonds. The first-order valence-electron chi connectivity index (χ1n) is 12.0. The number of aliphatic hydroxyl groups is 1. The Balaban J connectivity index is 1.67. The van der Waals surface area contributed by atoms with Gasteiger partial charge in [-0.25, -0.2) is 0 Å². The Morgan fingerprint density at radius 2 is 1.81 bits per heavy atom. The number of primary amides is 1. The molecule has 1 aromatic heterocycles. The van der Waals surface area contributed by atoms with Crippen molar-refractivity contribution in [2.45, 2.75) is 31.4 Å². The van der Waals surface area contributed by atoms with Crippen molar-refractivity contribution in [3.05, 3.63) is 47.3 Å². The number of aromatic hydroxyl groups is 1. The quantitative estimate of drug-likeness (QED) is 0.495. The molecule has 2 aromatic rings. The number of phenolic OH excluding ortho intramolecular Hbond substituents is 1. The van der Waals surface area contributed by atoms with Crippen LogP contribution in [0.25, 0.3) is 11.1 Å². The minimum Gasteiger partial charge on any atom is -0.507 e. The monoisotopic (exact) mass is 505 g/mol. The average molecular weight is 506 g/mol. The SMILES string of the molecule is Cc1ccncc1-c1ccc(O)c2c1C[C@H]1C[C@H]3[C@H](N(C)C)C(=O)C(C(N)=O)C(=O)[C@@]3(O)C(=O)C1C2=O. The van der Waals surface area contributed by atoms with Gasteiger partial charge in [0, 0.05) is 23.9 Å². The van der Waals surface area contributed by atoms with E-state index in [0.717, 1.165) is 11.1 Å². The lowest BCUT2D eigenvalue weighted by molar-refractivity contribution is -0.181. The van der Waals surface area contributed by atoms with E-state index in [0.29, 0.717) is 11.1 Å². The summed E-state index contributed by atoms with van der Waals surface area (Å²) < 4.78 is 0. The van der Waals surface area contributed by atoms with Gasteiger partial charge >= 0.3 is 0 Å². The fourth-order valence-corrected chi connectivity index (χ4v) is 6.60. The van der Waals surface area contributed by atoms with Gasteiger partial charge in [0.15, 0.2) is 34.7 Å². The molecule has 192 valence electrons. The highest BCUT2D eigenvalue weighted by molar-refractivity contribution is 6.32. The molecule has 0 radical (unpaired) electrons. The highest BCUT2D eigenvalue weighted by Crippen LogP contribution is 2.51. The van der Waals surface area contributed by atoms with Crippen molar-refractivity contribution in [1.82, 2.24) is 9.88 Å². The van der Waals surface area contributed by atoms with Crippen molar-refractivity contribution in [2.24, 2.45) is 29.4 Å². The number of rotatable bonds is 3. The molecule has 10 nitrogen and oxygen atoms in total. The van der Waals surface area contributed by atoms with Gasteiger partial charge < -0.3 is 15.9 Å². The van der Waals surface area contributed by atoms with E-state index in [-0.39, 0.29) is 24.2 Å². The molecule has 0 bridgehead atoms. The fourth-order valence-electron chi connectivity index (χ4n) is 6.60. The van der Waals surface area contributed by atoms with Crippen LogP contribution in [0.15, 0.2) is 30.6 Å². The van der Waals surface area contributed by atoms with Gasteiger partial charge in [-0.1, -0.05) is 6.07 Å². The van der Waals surface area contributed by atoms with E-state index in [1.807, 2.05) is 13.0 Å². The van der Waals surface area contributed by atoms with E-state index in [1.165, 1.54) is 11.0 Å². The highest BCUT2D eigenvalue weighted by Gasteiger charge is 2.69. The van der Waals surface area contributed by atoms with Gasteiger partial charge in [0.25, 0.3) is 0 Å². The summed E-state index contributed by atoms with van der Waals surface area (Å²) in [6.45, 7) is 1.89. The van der Waals surface area contributed by atoms with Crippen molar-refractivity contribution in [3.8, 4) is 16.9 Å². The second kappa shape index (κ2) is 8.39. The van der Waals surface area contributed by atoms with E-state index in [1.54, 1.807) is 32.6 Å². The molecule has 3 aliphatic rings. The predicted molar refractivity (Wildman–Crippen MR) is 129 cm³/mol. The Labute approximate surface area is 212 Å². The molecule has 1 aromatic carbocycles. The number of benzene rings is 1. The Kier molecular flexibility index (Phi) is 5.65. The summed E-state index contributed by atoms with van der Waals surface area (Å²) in [6, 6.07) is 3.76. The number of ketones is 4. The van der Waals surface area contributed by atoms with Gasteiger partial charge in [0.2, 0.25) is 5.91 Å². The van der Waals surface area contributed by atoms with E-state index in [9.17, 15) is 34.2 Å². The number of aryl methyl sites for hydroxylation is 1. The van der Waals surface area contributed by atoms with Crippen LogP contribution in [-0.4, -0.2) is 74.9 Å². The molecule has 3 aliphatic carbocycles. The number of nitrogens with zero attached hydrogens (tertiary/aromatic N) is 2. The van der Waals surface area contributed by atoms with Crippen LogP contribution >= 0.6 is 0 Å². The maximum absolute atomic E-state index is 13.8. The molecule has 0 spiro atoms. The Morgan fingerprint density at radius 1 is 1.11 bits per heavy atom. The fraction of sp³-hybridized carbons (Fsp3) is 0.407. The number of fused-ring (bicyclic) bond motifs is 3. The van der Waals surface area contributed by atoms with Crippen molar-refractivity contribution >= 4 is 29.0 Å². The first-order valence-corrected chi connectivity index (χ1v) is 12.0. The number of likely N-dealkylation sites (N-methyl/N-ethyl adjacent to an activating group) is 1. The molecule has 2 saturated carbocycles. The van der Waals surface area contributed by atoms with Crippen LogP contribution < -0.4 is 5.73 Å². The van der Waals surface area contributed by atoms with E-state index in [2.05, 4.69) is 4.98 Å². The molecule has 4 N–H and O–H groups in total. The van der Waals surface area contributed by atoms with Crippen LogP contribution in [0.1, 0.15) is 27.9 Å². The summed E-state index contributed by atoms with van der Waals surface area (Å²) in [5.74, 6) is -10.6. The first kappa shape index (κ1) is 24.9. The van der Waals surface area contributed by atoms with Crippen LogP contribution in [0.3, 0.4) is 0 Å². The molecule has 2 fully saturated rings. The van der Waals surface area contributed by atoms with Crippen LogP contribution in [0, 0.1) is 30.6 Å². The third kappa shape index (κ3) is 3.32. The zero-order valence-corrected chi connectivity index (χ0v) is 20.6. The van der Waals surface area contributed by atoms with Gasteiger partial charge in [-0.05, 0) is 68.6 Å². The number of nitrogens with two attached hydrogens (primary N) is 1. The number of carbonyl (C=O) groups is 5. The van der Waals surface area contributed by atoms with Gasteiger partial charge in [-0.15, -0.1) is 0 Å². The highest BCUT2D eigenvalue weighted by atomic mass is 16.3. The average Bonchev–Trinajstić information content (AvgIpc) is 2.82. The summed E-state index contributed by atoms with van der Waals surface area (Å²) in [7, 11) is 3.10. The lowest BCUT2D eigenvalue weighted by atomic mass is 9.52. The maximum Gasteiger partial charge on any atom is 0.235 e. The molecule has 5 rings (SSSR count). The molecule has 0 aliphatic heterocycles. The number of amides is 1. The normalized spacial score (nSPS) is 31.1. The van der Waals surface area contributed by atoms with Gasteiger partial charge in [-0.3, -0.25) is 33.9 Å². The molecular formula is C27H27N3O7. The smallest absolute Gasteiger partial charge is 0.235 e. The van der Waals surface area contributed by atoms with Crippen LogP contribution in [-0.2, 0) is 25.6 Å². The summed E-state index contributed by atoms with van der Waals surface area (Å²) >= 11 is 0. The lowest BCUT2D eigenvalue weighted by Gasteiger charge is -2.52. The maximum atomic E-state index is 13.8. The van der Waals surface area contributed by atoms with Crippen LogP contribution in [0.2, 0.25) is 0 Å². The molecule has 2 unspecified atom stereocenters. The third-order valence-corrected chi connectivity index (χ3v) is 8.27. The van der Waals surface area contributed by atoms with Crippen molar-refractivity contribution in [3.63, 3.8) is 0 Å². The van der Waals surface area contributed by atoms with Gasteiger partial charge in [0.05, 0.1) is 17.5 Å². The number of hydrogen-bond donors (Lipinski definition) is 3. The number of pyridine rings is 1. The summed E-state index contributed by atoms with van der Waals surface area (Å²) in [6.07, 6.45) is 3.51. The number of carbonyl (C=O) groups excluding carboxylic acids is 5. The van der Waals surface area contributed by atoms with Crippen LogP contribution in [0.5, 0.6) is 5.75 Å². The first-order chi connectivity index (χ1) is 17.4. The summed E-state index contributed by atoms with van der Waals surface area (Å²) in [4.78, 5) is 71.8. The molecule has 10 heteroatoms. The number of phenols is 1. The second-order valence-corrected chi connectivity index (χ2v) is 10.5.